The number of aromatic hydroxyl groups is 4. The number of ether oxygens (including phenoxy) is 1. The van der Waals surface area contributed by atoms with Gasteiger partial charge in [-0.2, -0.15) is 0 Å². The van der Waals surface area contributed by atoms with E-state index in [1.54, 1.807) is 6.07 Å². The number of rotatable bonds is 7. The predicted octanol–water partition coefficient (Wildman–Crippen LogP) is 11.9. The normalized spacial score (nSPS) is 15.0. The van der Waals surface area contributed by atoms with E-state index in [2.05, 4.69) is 182 Å². The number of carbonyl (C=O) groups is 1. The molecule has 0 atom stereocenters. The van der Waals surface area contributed by atoms with Crippen LogP contribution in [-0.2, 0) is 22.2 Å². The van der Waals surface area contributed by atoms with Crippen LogP contribution in [0.4, 0.5) is 0 Å². The van der Waals surface area contributed by atoms with Crippen LogP contribution in [0.2, 0.25) is 0 Å². The summed E-state index contributed by atoms with van der Waals surface area (Å²) in [5, 5.41) is 43.5. The van der Waals surface area contributed by atoms with E-state index in [0.717, 1.165) is 49.2 Å². The summed E-state index contributed by atoms with van der Waals surface area (Å²) in [5.41, 5.74) is 3.95. The molecule has 0 heterocycles. The molecule has 0 saturated heterocycles. The number of esters is 1. The second-order valence-electron chi connectivity index (χ2n) is 12.4. The lowest BCUT2D eigenvalue weighted by molar-refractivity contribution is 0.0469. The van der Waals surface area contributed by atoms with Gasteiger partial charge in [0, 0.05) is 10.8 Å². The maximum atomic E-state index is 13.6. The second kappa shape index (κ2) is 16.5. The number of hydrogen-bond acceptors (Lipinski definition) is 6. The van der Waals surface area contributed by atoms with Crippen molar-refractivity contribution in [2.75, 3.05) is 0 Å². The molecule has 264 valence electrons. The van der Waals surface area contributed by atoms with Gasteiger partial charge in [-0.1, -0.05) is 30.3 Å². The van der Waals surface area contributed by atoms with Gasteiger partial charge in [0.25, 0.3) is 0 Å². The van der Waals surface area contributed by atoms with Crippen LogP contribution in [0.5, 0.6) is 23.0 Å². The van der Waals surface area contributed by atoms with Gasteiger partial charge in [-0.3, -0.25) is 0 Å². The van der Waals surface area contributed by atoms with Crippen molar-refractivity contribution < 1.29 is 30.0 Å². The first-order valence-corrected chi connectivity index (χ1v) is 23.0. The van der Waals surface area contributed by atoms with Crippen LogP contribution in [0.25, 0.3) is 0 Å². The zero-order valence-electron chi connectivity index (χ0n) is 26.3. The highest BCUT2D eigenvalue weighted by molar-refractivity contribution is 14.1. The Hall–Kier alpha value is -0.120. The SMILES string of the molecule is O=C(OCc1ccccc1)c1cc(C2(c3cc(I)c(O)c(I)c3)CCC(c3cc(I)c(O)c(I)c3)(c3cc(I)c(O)c(I)c3)CC2)cc(I)c1O. The molecule has 0 aliphatic heterocycles. The van der Waals surface area contributed by atoms with Crippen molar-refractivity contribution in [1.29, 1.82) is 0 Å². The minimum atomic E-state index is -0.604. The first-order valence-electron chi connectivity index (χ1n) is 15.5. The Kier molecular flexibility index (Phi) is 13.1. The molecule has 1 aliphatic carbocycles. The highest BCUT2D eigenvalue weighted by atomic mass is 127. The quantitative estimate of drug-likeness (QED) is 0.0955. The fourth-order valence-corrected chi connectivity index (χ4v) is 12.9. The monoisotopic (exact) mass is 1470 g/mol. The third-order valence-corrected chi connectivity index (χ3v) is 15.5. The van der Waals surface area contributed by atoms with Gasteiger partial charge in [-0.15, -0.1) is 0 Å². The Morgan fingerprint density at radius 3 is 1.18 bits per heavy atom. The number of halogens is 7. The molecule has 6 nitrogen and oxygen atoms in total. The minimum absolute atomic E-state index is 0.0798. The number of benzene rings is 5. The van der Waals surface area contributed by atoms with Crippen LogP contribution in [0, 0.1) is 25.0 Å². The third-order valence-electron chi connectivity index (χ3n) is 9.71. The lowest BCUT2D eigenvalue weighted by Crippen LogP contribution is -2.41. The largest absolute Gasteiger partial charge is 0.506 e. The van der Waals surface area contributed by atoms with Crippen LogP contribution in [-0.4, -0.2) is 26.4 Å². The summed E-state index contributed by atoms with van der Waals surface area (Å²) in [7, 11) is 0. The molecule has 13 heteroatoms. The molecule has 4 N–H and O–H groups in total. The summed E-state index contributed by atoms with van der Waals surface area (Å²) in [4.78, 5) is 13.6. The van der Waals surface area contributed by atoms with Gasteiger partial charge in [0.1, 0.15) is 35.2 Å². The molecule has 0 aromatic heterocycles. The van der Waals surface area contributed by atoms with E-state index in [1.807, 2.05) is 48.5 Å². The van der Waals surface area contributed by atoms with Crippen LogP contribution >= 0.6 is 158 Å². The summed E-state index contributed by atoms with van der Waals surface area (Å²) in [6.07, 6.45) is 2.71. The van der Waals surface area contributed by atoms with E-state index in [4.69, 9.17) is 4.74 Å². The van der Waals surface area contributed by atoms with Gasteiger partial charge < -0.3 is 25.2 Å². The Morgan fingerprint density at radius 1 is 0.510 bits per heavy atom. The smallest absolute Gasteiger partial charge is 0.342 e. The van der Waals surface area contributed by atoms with Crippen LogP contribution in [0.15, 0.2) is 78.9 Å². The van der Waals surface area contributed by atoms with Crippen molar-refractivity contribution in [3.8, 4) is 23.0 Å². The molecular weight excluding hydrogens is 1440 g/mol. The molecule has 0 unspecified atom stereocenters. The van der Waals surface area contributed by atoms with Crippen molar-refractivity contribution in [1.82, 2.24) is 0 Å². The maximum absolute atomic E-state index is 13.6. The summed E-state index contributed by atoms with van der Waals surface area (Å²) < 4.78 is 10.8. The summed E-state index contributed by atoms with van der Waals surface area (Å²) >= 11 is 15.2. The third kappa shape index (κ3) is 8.09. The predicted molar refractivity (Wildman–Crippen MR) is 257 cm³/mol. The number of hydrogen-bond donors (Lipinski definition) is 4. The molecule has 0 spiro atoms. The average Bonchev–Trinajstić information content (AvgIpc) is 3.11. The summed E-state index contributed by atoms with van der Waals surface area (Å²) in [6, 6.07) is 25.5. The zero-order chi connectivity index (χ0) is 36.8. The number of phenols is 4. The van der Waals surface area contributed by atoms with E-state index in [-0.39, 0.29) is 35.2 Å². The molecular formula is C38H27I7O6. The van der Waals surface area contributed by atoms with Gasteiger partial charge in [0.05, 0.1) is 25.0 Å². The molecule has 1 aliphatic rings. The molecule has 6 rings (SSSR count). The fourth-order valence-electron chi connectivity index (χ4n) is 6.95. The van der Waals surface area contributed by atoms with E-state index in [9.17, 15) is 25.2 Å². The minimum Gasteiger partial charge on any atom is -0.506 e. The van der Waals surface area contributed by atoms with Crippen molar-refractivity contribution in [2.45, 2.75) is 43.1 Å². The van der Waals surface area contributed by atoms with Crippen LogP contribution in [0.3, 0.4) is 0 Å². The van der Waals surface area contributed by atoms with Crippen LogP contribution < -0.4 is 0 Å². The summed E-state index contributed by atoms with van der Waals surface area (Å²) in [5.74, 6) is 0.0245. The Bertz CT molecular complexity index is 2040. The molecule has 5 aromatic carbocycles. The van der Waals surface area contributed by atoms with Crippen LogP contribution in [0.1, 0.15) is 63.9 Å². The zero-order valence-corrected chi connectivity index (χ0v) is 41.4. The molecule has 5 aromatic rings. The molecule has 1 saturated carbocycles. The molecule has 0 radical (unpaired) electrons. The topological polar surface area (TPSA) is 107 Å². The van der Waals surface area contributed by atoms with Gasteiger partial charge in [-0.05, 0) is 260 Å². The number of carbonyl (C=O) groups excluding carboxylic acids is 1. The van der Waals surface area contributed by atoms with Gasteiger partial charge in [-0.25, -0.2) is 4.79 Å². The van der Waals surface area contributed by atoms with Gasteiger partial charge in [0.2, 0.25) is 0 Å². The maximum Gasteiger partial charge on any atom is 0.342 e. The first kappa shape index (κ1) is 40.5. The standard InChI is InChI=1S/C38H27I7O6/c39-25-11-20(10-24(32(25)46)36(50)51-18-19-4-2-1-3-5-19)37(21-12-26(40)33(47)27(41)13-21)6-8-38(9-7-37,22-14-28(42)34(48)29(43)15-22)23-16-30(44)35(49)31(45)17-23/h1-5,10-17,46-49H,6-9,18H2. The second-order valence-corrected chi connectivity index (χ2v) is 20.6. The van der Waals surface area contributed by atoms with Crippen molar-refractivity contribution in [3.63, 3.8) is 0 Å². The van der Waals surface area contributed by atoms with Crippen molar-refractivity contribution in [2.24, 2.45) is 0 Å². The van der Waals surface area contributed by atoms with E-state index in [0.29, 0.717) is 29.3 Å². The molecule has 0 bridgehead atoms. The Morgan fingerprint density at radius 2 is 0.824 bits per heavy atom. The highest BCUT2D eigenvalue weighted by Gasteiger charge is 2.48. The van der Waals surface area contributed by atoms with Gasteiger partial charge >= 0.3 is 5.97 Å². The Balaban J connectivity index is 1.52. The van der Waals surface area contributed by atoms with E-state index >= 15 is 0 Å². The Labute approximate surface area is 391 Å². The van der Waals surface area contributed by atoms with Crippen molar-refractivity contribution >= 4 is 164 Å². The lowest BCUT2D eigenvalue weighted by atomic mass is 9.55. The van der Waals surface area contributed by atoms with E-state index < -0.39 is 16.8 Å². The molecule has 51 heavy (non-hydrogen) atoms. The van der Waals surface area contributed by atoms with E-state index in [1.165, 1.54) is 0 Å². The molecule has 1 fully saturated rings. The summed E-state index contributed by atoms with van der Waals surface area (Å²) in [6.45, 7) is 0.0798. The average molecular weight is 1470 g/mol. The molecule has 0 amide bonds. The van der Waals surface area contributed by atoms with Gasteiger partial charge in [0.15, 0.2) is 0 Å². The highest BCUT2D eigenvalue weighted by Crippen LogP contribution is 2.56. The van der Waals surface area contributed by atoms with Crippen molar-refractivity contribution in [3.05, 3.63) is 137 Å². The fraction of sp³-hybridized carbons (Fsp3) is 0.184. The number of phenolic OH excluding ortho intramolecular Hbond substituents is 4. The lowest BCUT2D eigenvalue weighted by Gasteiger charge is -2.48. The first-order chi connectivity index (χ1) is 24.2.